The minimum Gasteiger partial charge on any atom is -0.487 e. The fraction of sp³-hybridized carbons (Fsp3) is 0.500. The molecular formula is C20H25N3O3. The zero-order chi connectivity index (χ0) is 17.9. The standard InChI is InChI=1S/C20H25N3O3/c24-17-13-23(20(25)14-22-9-1-2-10-22)11-7-19(17)26-18-5-3-4-15-12-21-8-6-16(15)18/h3-6,8,12,17,19,24H,1-2,7,9-11,13-14H2/t17-,19-/m1/s1. The van der Waals surface area contributed by atoms with E-state index in [1.54, 1.807) is 17.3 Å². The number of β-amino-alcohol motifs (C(OH)–C–C–N with tert-alkyl or cyclic N) is 1. The smallest absolute Gasteiger partial charge is 0.236 e. The number of piperidine rings is 1. The van der Waals surface area contributed by atoms with E-state index in [1.165, 1.54) is 12.8 Å². The Bertz CT molecular complexity index is 770. The highest BCUT2D eigenvalue weighted by Gasteiger charge is 2.32. The van der Waals surface area contributed by atoms with Gasteiger partial charge < -0.3 is 14.7 Å². The van der Waals surface area contributed by atoms with E-state index in [1.807, 2.05) is 24.3 Å². The molecule has 138 valence electrons. The largest absolute Gasteiger partial charge is 0.487 e. The van der Waals surface area contributed by atoms with Gasteiger partial charge in [-0.1, -0.05) is 12.1 Å². The lowest BCUT2D eigenvalue weighted by atomic mass is 10.0. The molecule has 2 fully saturated rings. The lowest BCUT2D eigenvalue weighted by Crippen LogP contribution is -2.52. The van der Waals surface area contributed by atoms with Crippen LogP contribution in [0.15, 0.2) is 36.7 Å². The predicted molar refractivity (Wildman–Crippen MR) is 99.0 cm³/mol. The monoisotopic (exact) mass is 355 g/mol. The van der Waals surface area contributed by atoms with Crippen LogP contribution in [0.5, 0.6) is 5.75 Å². The Hall–Kier alpha value is -2.18. The van der Waals surface area contributed by atoms with Gasteiger partial charge in [0.05, 0.1) is 13.1 Å². The number of benzene rings is 1. The van der Waals surface area contributed by atoms with Crippen LogP contribution in [0.1, 0.15) is 19.3 Å². The van der Waals surface area contributed by atoms with Gasteiger partial charge in [0.1, 0.15) is 18.0 Å². The number of rotatable bonds is 4. The van der Waals surface area contributed by atoms with Gasteiger partial charge in [-0.2, -0.15) is 0 Å². The summed E-state index contributed by atoms with van der Waals surface area (Å²) in [7, 11) is 0. The first-order valence-electron chi connectivity index (χ1n) is 9.38. The second-order valence-electron chi connectivity index (χ2n) is 7.19. The molecule has 0 bridgehead atoms. The predicted octanol–water partition coefficient (Wildman–Crippen LogP) is 1.67. The molecule has 2 aromatic rings. The van der Waals surface area contributed by atoms with E-state index in [-0.39, 0.29) is 12.0 Å². The Balaban J connectivity index is 1.38. The molecule has 3 heterocycles. The molecule has 2 atom stereocenters. The van der Waals surface area contributed by atoms with E-state index in [0.717, 1.165) is 29.6 Å². The molecule has 0 saturated carbocycles. The van der Waals surface area contributed by atoms with Crippen molar-refractivity contribution in [1.29, 1.82) is 0 Å². The van der Waals surface area contributed by atoms with Crippen molar-refractivity contribution in [3.63, 3.8) is 0 Å². The summed E-state index contributed by atoms with van der Waals surface area (Å²) in [5.41, 5.74) is 0. The van der Waals surface area contributed by atoms with Gasteiger partial charge in [-0.25, -0.2) is 0 Å². The number of hydrogen-bond donors (Lipinski definition) is 1. The number of carbonyl (C=O) groups excluding carboxylic acids is 1. The zero-order valence-corrected chi connectivity index (χ0v) is 14.9. The van der Waals surface area contributed by atoms with Crippen LogP contribution in [0, 0.1) is 0 Å². The topological polar surface area (TPSA) is 65.9 Å². The van der Waals surface area contributed by atoms with Crippen molar-refractivity contribution < 1.29 is 14.6 Å². The van der Waals surface area contributed by atoms with Crippen LogP contribution in [-0.4, -0.2) is 70.7 Å². The molecule has 6 heteroatoms. The summed E-state index contributed by atoms with van der Waals surface area (Å²) in [5.74, 6) is 0.867. The van der Waals surface area contributed by atoms with Gasteiger partial charge in [0.2, 0.25) is 5.91 Å². The first-order valence-corrected chi connectivity index (χ1v) is 9.38. The van der Waals surface area contributed by atoms with Crippen molar-refractivity contribution in [3.8, 4) is 5.75 Å². The zero-order valence-electron chi connectivity index (χ0n) is 14.9. The van der Waals surface area contributed by atoms with Gasteiger partial charge in [-0.15, -0.1) is 0 Å². The van der Waals surface area contributed by atoms with Crippen molar-refractivity contribution in [2.45, 2.75) is 31.5 Å². The van der Waals surface area contributed by atoms with Gasteiger partial charge in [-0.3, -0.25) is 14.7 Å². The Kier molecular flexibility index (Phi) is 5.04. The molecule has 6 nitrogen and oxygen atoms in total. The normalized spacial score (nSPS) is 24.1. The minimum absolute atomic E-state index is 0.112. The summed E-state index contributed by atoms with van der Waals surface area (Å²) in [6.45, 7) is 3.44. The first-order chi connectivity index (χ1) is 12.7. The average Bonchev–Trinajstić information content (AvgIpc) is 3.16. The van der Waals surface area contributed by atoms with E-state index in [2.05, 4.69) is 9.88 Å². The molecule has 26 heavy (non-hydrogen) atoms. The number of fused-ring (bicyclic) bond motifs is 1. The van der Waals surface area contributed by atoms with Crippen LogP contribution in [-0.2, 0) is 4.79 Å². The van der Waals surface area contributed by atoms with Crippen LogP contribution in [0.25, 0.3) is 10.8 Å². The summed E-state index contributed by atoms with van der Waals surface area (Å²) >= 11 is 0. The number of ether oxygens (including phenoxy) is 1. The number of amides is 1. The van der Waals surface area contributed by atoms with E-state index < -0.39 is 6.10 Å². The van der Waals surface area contributed by atoms with E-state index in [0.29, 0.717) is 26.1 Å². The second kappa shape index (κ2) is 7.60. The maximum Gasteiger partial charge on any atom is 0.236 e. The third-order valence-electron chi connectivity index (χ3n) is 5.35. The van der Waals surface area contributed by atoms with Crippen molar-refractivity contribution in [1.82, 2.24) is 14.8 Å². The molecular weight excluding hydrogens is 330 g/mol. The van der Waals surface area contributed by atoms with Crippen LogP contribution in [0.3, 0.4) is 0 Å². The van der Waals surface area contributed by atoms with Crippen LogP contribution in [0.4, 0.5) is 0 Å². The molecule has 0 unspecified atom stereocenters. The third kappa shape index (κ3) is 3.66. The summed E-state index contributed by atoms with van der Waals surface area (Å²) in [6.07, 6.45) is 5.55. The highest BCUT2D eigenvalue weighted by atomic mass is 16.5. The molecule has 4 rings (SSSR count). The summed E-state index contributed by atoms with van der Waals surface area (Å²) in [6, 6.07) is 7.76. The summed E-state index contributed by atoms with van der Waals surface area (Å²) in [5, 5.41) is 12.5. The summed E-state index contributed by atoms with van der Waals surface area (Å²) in [4.78, 5) is 20.6. The molecule has 2 saturated heterocycles. The third-order valence-corrected chi connectivity index (χ3v) is 5.35. The molecule has 2 aliphatic rings. The lowest BCUT2D eigenvalue weighted by Gasteiger charge is -2.36. The minimum atomic E-state index is -0.677. The Morgan fingerprint density at radius 2 is 2.08 bits per heavy atom. The summed E-state index contributed by atoms with van der Waals surface area (Å²) < 4.78 is 6.12. The highest BCUT2D eigenvalue weighted by Crippen LogP contribution is 2.27. The molecule has 1 N–H and O–H groups in total. The van der Waals surface area contributed by atoms with Gasteiger partial charge in [0, 0.05) is 36.1 Å². The van der Waals surface area contributed by atoms with Crippen molar-refractivity contribution in [2.75, 3.05) is 32.7 Å². The quantitative estimate of drug-likeness (QED) is 0.904. The number of aliphatic hydroxyl groups excluding tert-OH is 1. The molecule has 0 radical (unpaired) electrons. The van der Waals surface area contributed by atoms with Crippen molar-refractivity contribution >= 4 is 16.7 Å². The van der Waals surface area contributed by atoms with Crippen LogP contribution in [0.2, 0.25) is 0 Å². The fourth-order valence-electron chi connectivity index (χ4n) is 3.86. The van der Waals surface area contributed by atoms with Gasteiger partial charge in [0.15, 0.2) is 0 Å². The number of nitrogens with zero attached hydrogens (tertiary/aromatic N) is 3. The number of aliphatic hydroxyl groups is 1. The number of carbonyl (C=O) groups is 1. The van der Waals surface area contributed by atoms with E-state index in [4.69, 9.17) is 4.74 Å². The SMILES string of the molecule is O=C(CN1CCCC1)N1CC[C@@H](Oc2cccc3cnccc23)[C@H](O)C1. The Labute approximate surface area is 153 Å². The number of hydrogen-bond acceptors (Lipinski definition) is 5. The van der Waals surface area contributed by atoms with E-state index in [9.17, 15) is 9.90 Å². The van der Waals surface area contributed by atoms with Crippen molar-refractivity contribution in [2.24, 2.45) is 0 Å². The number of likely N-dealkylation sites (tertiary alicyclic amines) is 2. The van der Waals surface area contributed by atoms with Gasteiger partial charge in [0.25, 0.3) is 0 Å². The van der Waals surface area contributed by atoms with Crippen LogP contribution >= 0.6 is 0 Å². The second-order valence-corrected chi connectivity index (χ2v) is 7.19. The highest BCUT2D eigenvalue weighted by molar-refractivity contribution is 5.87. The van der Waals surface area contributed by atoms with Gasteiger partial charge >= 0.3 is 0 Å². The Morgan fingerprint density at radius 3 is 2.88 bits per heavy atom. The molecule has 1 amide bonds. The molecule has 1 aromatic heterocycles. The number of aromatic nitrogens is 1. The number of pyridine rings is 1. The molecule has 2 aliphatic heterocycles. The maximum atomic E-state index is 12.5. The molecule has 1 aromatic carbocycles. The average molecular weight is 355 g/mol. The Morgan fingerprint density at radius 1 is 1.23 bits per heavy atom. The fourth-order valence-corrected chi connectivity index (χ4v) is 3.86. The lowest BCUT2D eigenvalue weighted by molar-refractivity contribution is -0.137. The molecule has 0 aliphatic carbocycles. The van der Waals surface area contributed by atoms with E-state index >= 15 is 0 Å². The van der Waals surface area contributed by atoms with Gasteiger partial charge in [-0.05, 0) is 38.1 Å². The maximum absolute atomic E-state index is 12.5. The molecule has 0 spiro atoms. The first kappa shape index (κ1) is 17.2. The van der Waals surface area contributed by atoms with Crippen LogP contribution < -0.4 is 4.74 Å². The van der Waals surface area contributed by atoms with Crippen molar-refractivity contribution in [3.05, 3.63) is 36.7 Å².